The van der Waals surface area contributed by atoms with E-state index in [2.05, 4.69) is 44.1 Å². The van der Waals surface area contributed by atoms with Crippen LogP contribution in [0.5, 0.6) is 0 Å². The highest BCUT2D eigenvalue weighted by molar-refractivity contribution is 5.98. The maximum Gasteiger partial charge on any atom is 0.328 e. The number of cyclic esters (lactones) is 1. The Labute approximate surface area is 489 Å². The van der Waals surface area contributed by atoms with E-state index >= 15 is 0 Å². The number of esters is 3. The van der Waals surface area contributed by atoms with Gasteiger partial charge in [-0.25, -0.2) is 4.79 Å². The van der Waals surface area contributed by atoms with Gasteiger partial charge in [0.15, 0.2) is 0 Å². The number of rotatable bonds is 32. The Morgan fingerprint density at radius 1 is 0.451 bits per heavy atom. The minimum atomic E-state index is -1.63. The van der Waals surface area contributed by atoms with E-state index in [9.17, 15) is 47.9 Å². The van der Waals surface area contributed by atoms with Crippen molar-refractivity contribution in [2.45, 2.75) is 253 Å². The van der Waals surface area contributed by atoms with Gasteiger partial charge in [0.05, 0.1) is 26.1 Å². The van der Waals surface area contributed by atoms with Gasteiger partial charge < -0.3 is 60.9 Å². The van der Waals surface area contributed by atoms with Crippen LogP contribution in [0.15, 0.2) is 0 Å². The van der Waals surface area contributed by atoms with Crippen LogP contribution in [0.25, 0.3) is 0 Å². The van der Waals surface area contributed by atoms with Gasteiger partial charge in [-0.05, 0) is 74.5 Å². The molecular formula is C60H107N7O15. The Balaban J connectivity index is 4.06. The van der Waals surface area contributed by atoms with Crippen LogP contribution in [-0.4, -0.2) is 148 Å². The van der Waals surface area contributed by atoms with Gasteiger partial charge in [0, 0.05) is 20.6 Å². The summed E-state index contributed by atoms with van der Waals surface area (Å²) in [4.78, 5) is 141. The van der Waals surface area contributed by atoms with Crippen LogP contribution in [0.4, 0.5) is 0 Å². The van der Waals surface area contributed by atoms with Crippen LogP contribution < -0.4 is 37.2 Å². The first kappa shape index (κ1) is 74.6. The number of carbonyl (C=O) groups excluding carboxylic acids is 10. The second-order valence-electron chi connectivity index (χ2n) is 23.9. The highest BCUT2D eigenvalue weighted by Crippen LogP contribution is 2.19. The fourth-order valence-corrected chi connectivity index (χ4v) is 9.39. The molecule has 1 aliphatic rings. The fraction of sp³-hybridized carbons (Fsp3) is 0.833. The highest BCUT2D eigenvalue weighted by Gasteiger charge is 2.38. The maximum atomic E-state index is 14.5. The van der Waals surface area contributed by atoms with Crippen molar-refractivity contribution in [1.29, 1.82) is 0 Å². The number of hydrogen-bond donors (Lipinski definition) is 7. The molecule has 8 atom stereocenters. The molecule has 22 heteroatoms. The van der Waals surface area contributed by atoms with Crippen LogP contribution in [0, 0.1) is 29.6 Å². The summed E-state index contributed by atoms with van der Waals surface area (Å²) in [5.74, 6) is -9.23. The van der Waals surface area contributed by atoms with Gasteiger partial charge in [-0.2, -0.15) is 0 Å². The summed E-state index contributed by atoms with van der Waals surface area (Å²) in [7, 11) is 2.86. The van der Waals surface area contributed by atoms with Crippen LogP contribution in [0.2, 0.25) is 0 Å². The van der Waals surface area contributed by atoms with Crippen molar-refractivity contribution in [2.75, 3.05) is 40.6 Å². The first-order chi connectivity index (χ1) is 38.8. The second-order valence-corrected chi connectivity index (χ2v) is 23.9. The molecule has 1 saturated heterocycles. The monoisotopic (exact) mass is 1170 g/mol. The molecule has 22 nitrogen and oxygen atoms in total. The van der Waals surface area contributed by atoms with Gasteiger partial charge in [-0.3, -0.25) is 43.2 Å². The third kappa shape index (κ3) is 33.1. The number of amides is 7. The molecule has 0 aromatic carbocycles. The quantitative estimate of drug-likeness (QED) is 0.0238. The van der Waals surface area contributed by atoms with E-state index in [0.717, 1.165) is 32.1 Å². The summed E-state index contributed by atoms with van der Waals surface area (Å²) in [6, 6.07) is -9.42. The molecule has 1 rings (SSSR count). The average Bonchev–Trinajstić information content (AvgIpc) is 3.49. The van der Waals surface area contributed by atoms with Crippen molar-refractivity contribution in [3.63, 3.8) is 0 Å². The first-order valence-corrected chi connectivity index (χ1v) is 30.4. The molecule has 82 heavy (non-hydrogen) atoms. The molecule has 0 bridgehead atoms. The number of ether oxygens (including phenoxy) is 5. The van der Waals surface area contributed by atoms with Crippen molar-refractivity contribution in [2.24, 2.45) is 29.6 Å². The number of unbranched alkanes of at least 4 members (excludes halogenated alkanes) is 10. The van der Waals surface area contributed by atoms with Crippen LogP contribution >= 0.6 is 0 Å². The number of nitrogens with one attached hydrogen (secondary N) is 7. The van der Waals surface area contributed by atoms with E-state index < -0.39 is 126 Å². The molecule has 0 aromatic heterocycles. The third-order valence-electron chi connectivity index (χ3n) is 13.8. The van der Waals surface area contributed by atoms with E-state index in [-0.39, 0.29) is 95.0 Å². The lowest BCUT2D eigenvalue weighted by Gasteiger charge is -2.30. The van der Waals surface area contributed by atoms with Crippen molar-refractivity contribution < 1.29 is 71.6 Å². The molecule has 1 aliphatic heterocycles. The van der Waals surface area contributed by atoms with Gasteiger partial charge >= 0.3 is 17.9 Å². The van der Waals surface area contributed by atoms with E-state index in [1.807, 2.05) is 55.4 Å². The summed E-state index contributed by atoms with van der Waals surface area (Å²) in [5.41, 5.74) is 0. The molecule has 0 saturated carbocycles. The van der Waals surface area contributed by atoms with Crippen molar-refractivity contribution in [3.8, 4) is 0 Å². The number of hydrogen-bond acceptors (Lipinski definition) is 15. The Hall–Kier alpha value is -5.38. The van der Waals surface area contributed by atoms with Gasteiger partial charge in [0.2, 0.25) is 41.4 Å². The van der Waals surface area contributed by atoms with Crippen LogP contribution in [-0.2, 0) is 71.6 Å². The van der Waals surface area contributed by atoms with Gasteiger partial charge in [-0.15, -0.1) is 0 Å². The molecule has 0 radical (unpaired) electrons. The van der Waals surface area contributed by atoms with E-state index in [1.54, 1.807) is 13.8 Å². The van der Waals surface area contributed by atoms with Gasteiger partial charge in [0.25, 0.3) is 0 Å². The minimum absolute atomic E-state index is 0.0487. The predicted octanol–water partition coefficient (Wildman–Crippen LogP) is 5.79. The largest absolute Gasteiger partial charge is 0.463 e. The number of methoxy groups -OCH3 is 2. The zero-order valence-corrected chi connectivity index (χ0v) is 52.1. The average molecular weight is 1170 g/mol. The smallest absolute Gasteiger partial charge is 0.328 e. The Morgan fingerprint density at radius 2 is 0.841 bits per heavy atom. The Kier molecular flexibility index (Phi) is 38.6. The summed E-state index contributed by atoms with van der Waals surface area (Å²) < 4.78 is 26.7. The summed E-state index contributed by atoms with van der Waals surface area (Å²) in [6.07, 6.45) is 9.54. The molecule has 7 N–H and O–H groups in total. The van der Waals surface area contributed by atoms with Crippen molar-refractivity contribution in [1.82, 2.24) is 37.2 Å². The number of carbonyl (C=O) groups is 10. The zero-order valence-electron chi connectivity index (χ0n) is 52.1. The normalized spacial score (nSPS) is 22.6. The topological polar surface area (TPSA) is 301 Å². The third-order valence-corrected chi connectivity index (χ3v) is 13.8. The Bertz CT molecular complexity index is 1950. The molecule has 0 aliphatic carbocycles. The lowest BCUT2D eigenvalue weighted by atomic mass is 9.98. The molecule has 4 unspecified atom stereocenters. The molecule has 1 fully saturated rings. The molecule has 472 valence electrons. The second kappa shape index (κ2) is 42.4. The SMILES string of the molecule is CCCCCCCCCCCCCC1CC(=O)N[C@@H](CCC(=O)OCCOC)C(=O)NC(CC(C)C)C(=O)N[C@H](CC(C)C)C(=O)N[C@@H](C(C)C)C(=O)NC(CC(=O)OCCOC)C(=O)N[C@H](CC(C)C)C(=O)NC(CC(C)C)C(=O)O1. The lowest BCUT2D eigenvalue weighted by molar-refractivity contribution is -0.155. The molecule has 0 aromatic rings. The maximum absolute atomic E-state index is 14.5. The zero-order chi connectivity index (χ0) is 61.7. The summed E-state index contributed by atoms with van der Waals surface area (Å²) in [5, 5.41) is 19.1. The predicted molar refractivity (Wildman–Crippen MR) is 311 cm³/mol. The van der Waals surface area contributed by atoms with E-state index in [1.165, 1.54) is 46.3 Å². The Morgan fingerprint density at radius 3 is 1.29 bits per heavy atom. The standard InChI is InChI=1S/C60H107N7O15/c1-14-15-16-17-18-19-20-21-22-23-24-25-43-36-50(68)61-44(26-27-51(69)80-30-28-78-12)54(71)62-45(32-38(2)3)55(72)64-47(34-40(6)7)58(75)67-53(42(10)11)59(76)65-48(37-52(70)81-31-29-79-13)57(74)63-46(33-39(4)5)56(73)66-49(35-41(8)9)60(77)82-43/h38-49,53H,14-37H2,1-13H3,(H,61,68)(H,62,71)(H,63,74)(H,64,72)(H,65,76)(H,66,73)(H,67,75)/t43?,44-,45?,46+,47+,48?,49?,53-/m0/s1. The van der Waals surface area contributed by atoms with E-state index in [4.69, 9.17) is 23.7 Å². The first-order valence-electron chi connectivity index (χ1n) is 30.4. The van der Waals surface area contributed by atoms with Gasteiger partial charge in [0.1, 0.15) is 61.6 Å². The van der Waals surface area contributed by atoms with Crippen molar-refractivity contribution >= 4 is 59.3 Å². The van der Waals surface area contributed by atoms with Crippen LogP contribution in [0.1, 0.15) is 205 Å². The molecular weight excluding hydrogens is 1060 g/mol. The van der Waals surface area contributed by atoms with E-state index in [0.29, 0.717) is 6.42 Å². The van der Waals surface area contributed by atoms with Gasteiger partial charge in [-0.1, -0.05) is 140 Å². The molecule has 0 spiro atoms. The summed E-state index contributed by atoms with van der Waals surface area (Å²) in [6.45, 7) is 20.1. The lowest BCUT2D eigenvalue weighted by Crippen LogP contribution is -2.61. The molecule has 7 amide bonds. The van der Waals surface area contributed by atoms with Crippen molar-refractivity contribution in [3.05, 3.63) is 0 Å². The van der Waals surface area contributed by atoms with Crippen LogP contribution in [0.3, 0.4) is 0 Å². The molecule has 1 heterocycles. The minimum Gasteiger partial charge on any atom is -0.463 e. The highest BCUT2D eigenvalue weighted by atomic mass is 16.6. The summed E-state index contributed by atoms with van der Waals surface area (Å²) >= 11 is 0. The fourth-order valence-electron chi connectivity index (χ4n) is 9.39.